The smallest absolute Gasteiger partial charge is 0.254 e. The first-order valence-electron chi connectivity index (χ1n) is 9.18. The lowest BCUT2D eigenvalue weighted by atomic mass is 9.85. The fourth-order valence-electron chi connectivity index (χ4n) is 3.19. The van der Waals surface area contributed by atoms with Gasteiger partial charge in [0.2, 0.25) is 5.89 Å². The molecule has 2 aromatic carbocycles. The quantitative estimate of drug-likeness (QED) is 0.719. The Balaban J connectivity index is 1.44. The lowest BCUT2D eigenvalue weighted by molar-refractivity contribution is 0.0780. The van der Waals surface area contributed by atoms with Crippen LogP contribution in [0, 0.1) is 5.82 Å². The van der Waals surface area contributed by atoms with Crippen molar-refractivity contribution < 1.29 is 18.8 Å². The van der Waals surface area contributed by atoms with Crippen LogP contribution < -0.4 is 0 Å². The van der Waals surface area contributed by atoms with E-state index in [0.29, 0.717) is 34.3 Å². The number of amides is 1. The van der Waals surface area contributed by atoms with Crippen molar-refractivity contribution in [3.05, 3.63) is 65.6 Å². The molecule has 3 aromatic rings. The number of phenolic OH excluding ortho intramolecular Hbond substituents is 1. The van der Waals surface area contributed by atoms with Crippen LogP contribution in [0.2, 0.25) is 0 Å². The number of phenols is 1. The maximum atomic E-state index is 14.0. The molecule has 28 heavy (non-hydrogen) atoms. The zero-order chi connectivity index (χ0) is 19.7. The summed E-state index contributed by atoms with van der Waals surface area (Å²) in [5.41, 5.74) is 1.47. The van der Waals surface area contributed by atoms with E-state index in [1.54, 1.807) is 31.3 Å². The lowest BCUT2D eigenvalue weighted by Gasteiger charge is -2.20. The Kier molecular flexibility index (Phi) is 4.81. The maximum Gasteiger partial charge on any atom is 0.254 e. The summed E-state index contributed by atoms with van der Waals surface area (Å²) in [6.07, 6.45) is 3.33. The van der Waals surface area contributed by atoms with Gasteiger partial charge in [-0.3, -0.25) is 4.79 Å². The predicted octanol–water partition coefficient (Wildman–Crippen LogP) is 4.12. The van der Waals surface area contributed by atoms with E-state index in [1.807, 2.05) is 0 Å². The molecule has 1 aliphatic rings. The van der Waals surface area contributed by atoms with Gasteiger partial charge >= 0.3 is 0 Å². The minimum atomic E-state index is -0.518. The molecule has 0 radical (unpaired) electrons. The number of carbonyl (C=O) groups excluding carboxylic acids is 1. The molecule has 0 atom stereocenters. The van der Waals surface area contributed by atoms with E-state index in [2.05, 4.69) is 10.1 Å². The van der Waals surface area contributed by atoms with Gasteiger partial charge in [0.15, 0.2) is 5.82 Å². The third kappa shape index (κ3) is 3.60. The number of rotatable bonds is 5. The maximum absolute atomic E-state index is 14.0. The highest BCUT2D eigenvalue weighted by molar-refractivity contribution is 5.94. The molecular formula is C21H20FN3O3. The van der Waals surface area contributed by atoms with Crippen LogP contribution in [0.1, 0.15) is 47.3 Å². The molecule has 6 nitrogen and oxygen atoms in total. The summed E-state index contributed by atoms with van der Waals surface area (Å²) in [5.74, 6) is 0.665. The molecule has 1 heterocycles. The largest absolute Gasteiger partial charge is 0.508 e. The molecule has 4 rings (SSSR count). The van der Waals surface area contributed by atoms with Gasteiger partial charge in [0.25, 0.3) is 5.91 Å². The third-order valence-electron chi connectivity index (χ3n) is 5.06. The van der Waals surface area contributed by atoms with Crippen molar-refractivity contribution in [3.63, 3.8) is 0 Å². The Labute approximate surface area is 161 Å². The molecule has 1 amide bonds. The highest BCUT2D eigenvalue weighted by Crippen LogP contribution is 2.35. The first-order valence-corrected chi connectivity index (χ1v) is 9.18. The Hall–Kier alpha value is -3.22. The van der Waals surface area contributed by atoms with Gasteiger partial charge in [0.05, 0.1) is 6.54 Å². The van der Waals surface area contributed by atoms with Crippen LogP contribution in [0.25, 0.3) is 11.1 Å². The summed E-state index contributed by atoms with van der Waals surface area (Å²) in [7, 11) is 1.68. The van der Waals surface area contributed by atoms with E-state index in [4.69, 9.17) is 4.52 Å². The van der Waals surface area contributed by atoms with Crippen molar-refractivity contribution in [2.24, 2.45) is 0 Å². The van der Waals surface area contributed by atoms with Gasteiger partial charge < -0.3 is 14.5 Å². The average Bonchev–Trinajstić information content (AvgIpc) is 3.07. The lowest BCUT2D eigenvalue weighted by Crippen LogP contribution is -2.26. The Morgan fingerprint density at radius 3 is 2.64 bits per heavy atom. The molecule has 1 N–H and O–H groups in total. The van der Waals surface area contributed by atoms with Gasteiger partial charge in [-0.2, -0.15) is 4.98 Å². The van der Waals surface area contributed by atoms with E-state index in [-0.39, 0.29) is 18.2 Å². The second kappa shape index (κ2) is 7.42. The summed E-state index contributed by atoms with van der Waals surface area (Å²) in [6.45, 7) is 0.253. The van der Waals surface area contributed by atoms with Gasteiger partial charge in [-0.25, -0.2) is 4.39 Å². The number of benzene rings is 2. The summed E-state index contributed by atoms with van der Waals surface area (Å²) in [5, 5.41) is 13.3. The summed E-state index contributed by atoms with van der Waals surface area (Å²) in [6, 6.07) is 10.6. The van der Waals surface area contributed by atoms with Crippen LogP contribution in [-0.2, 0) is 6.54 Å². The topological polar surface area (TPSA) is 79.5 Å². The SMILES string of the molecule is CN(Cc1noc(C2CCC2)n1)C(=O)c1ccc(-c2ccc(O)cc2F)cc1. The molecule has 7 heteroatoms. The van der Waals surface area contributed by atoms with Crippen LogP contribution >= 0.6 is 0 Å². The van der Waals surface area contributed by atoms with Crippen molar-refractivity contribution in [3.8, 4) is 16.9 Å². The van der Waals surface area contributed by atoms with Crippen molar-refractivity contribution in [1.29, 1.82) is 0 Å². The van der Waals surface area contributed by atoms with E-state index in [0.717, 1.165) is 18.9 Å². The molecule has 1 fully saturated rings. The predicted molar refractivity (Wildman–Crippen MR) is 100 cm³/mol. The van der Waals surface area contributed by atoms with E-state index in [1.165, 1.54) is 23.5 Å². The zero-order valence-corrected chi connectivity index (χ0v) is 15.4. The van der Waals surface area contributed by atoms with E-state index >= 15 is 0 Å². The Bertz CT molecular complexity index is 996. The number of hydrogen-bond acceptors (Lipinski definition) is 5. The van der Waals surface area contributed by atoms with Gasteiger partial charge in [-0.15, -0.1) is 0 Å². The highest BCUT2D eigenvalue weighted by Gasteiger charge is 2.26. The molecule has 0 bridgehead atoms. The summed E-state index contributed by atoms with van der Waals surface area (Å²) >= 11 is 0. The number of aromatic hydroxyl groups is 1. The van der Waals surface area contributed by atoms with Gasteiger partial charge in [-0.05, 0) is 42.7 Å². The van der Waals surface area contributed by atoms with Crippen molar-refractivity contribution in [2.45, 2.75) is 31.7 Å². The number of hydrogen-bond donors (Lipinski definition) is 1. The molecule has 1 aliphatic carbocycles. The minimum Gasteiger partial charge on any atom is -0.508 e. The summed E-state index contributed by atoms with van der Waals surface area (Å²) < 4.78 is 19.3. The standard InChI is InChI=1S/C21H20FN3O3/c1-25(12-19-23-20(28-24-19)14-3-2-4-14)21(27)15-7-5-13(6-8-15)17-10-9-16(26)11-18(17)22/h5-11,14,26H,2-4,12H2,1H3. The second-order valence-corrected chi connectivity index (χ2v) is 7.08. The number of halogens is 1. The van der Waals surface area contributed by atoms with Crippen LogP contribution in [-0.4, -0.2) is 33.1 Å². The molecule has 0 unspecified atom stereocenters. The highest BCUT2D eigenvalue weighted by atomic mass is 19.1. The number of carbonyl (C=O) groups is 1. The van der Waals surface area contributed by atoms with Crippen molar-refractivity contribution >= 4 is 5.91 Å². The van der Waals surface area contributed by atoms with Crippen LogP contribution in [0.15, 0.2) is 47.0 Å². The normalized spacial score (nSPS) is 13.9. The van der Waals surface area contributed by atoms with E-state index in [9.17, 15) is 14.3 Å². The van der Waals surface area contributed by atoms with Crippen LogP contribution in [0.4, 0.5) is 4.39 Å². The minimum absolute atomic E-state index is 0.128. The van der Waals surface area contributed by atoms with E-state index < -0.39 is 5.82 Å². The van der Waals surface area contributed by atoms with Crippen LogP contribution in [0.5, 0.6) is 5.75 Å². The Morgan fingerprint density at radius 1 is 1.25 bits per heavy atom. The van der Waals surface area contributed by atoms with Crippen molar-refractivity contribution in [1.82, 2.24) is 15.0 Å². The van der Waals surface area contributed by atoms with Gasteiger partial charge in [-0.1, -0.05) is 23.7 Å². The first kappa shape index (κ1) is 18.2. The second-order valence-electron chi connectivity index (χ2n) is 7.08. The number of aromatic nitrogens is 2. The third-order valence-corrected chi connectivity index (χ3v) is 5.06. The zero-order valence-electron chi connectivity index (χ0n) is 15.4. The number of nitrogens with zero attached hydrogens (tertiary/aromatic N) is 3. The first-order chi connectivity index (χ1) is 13.5. The van der Waals surface area contributed by atoms with Crippen LogP contribution in [0.3, 0.4) is 0 Å². The van der Waals surface area contributed by atoms with Gasteiger partial charge in [0, 0.05) is 30.2 Å². The molecule has 144 valence electrons. The average molecular weight is 381 g/mol. The molecule has 1 aromatic heterocycles. The fourth-order valence-corrected chi connectivity index (χ4v) is 3.19. The monoisotopic (exact) mass is 381 g/mol. The van der Waals surface area contributed by atoms with Crippen molar-refractivity contribution in [2.75, 3.05) is 7.05 Å². The molecule has 1 saturated carbocycles. The molecule has 0 spiro atoms. The summed E-state index contributed by atoms with van der Waals surface area (Å²) in [4.78, 5) is 18.6. The molecular weight excluding hydrogens is 361 g/mol. The van der Waals surface area contributed by atoms with Gasteiger partial charge in [0.1, 0.15) is 11.6 Å². The molecule has 0 aliphatic heterocycles. The Morgan fingerprint density at radius 2 is 2.00 bits per heavy atom. The fraction of sp³-hybridized carbons (Fsp3) is 0.286. The molecule has 0 saturated heterocycles.